The molecule has 23 heavy (non-hydrogen) atoms. The maximum atomic E-state index is 12.8. The normalized spacial score (nSPS) is 16.4. The molecule has 0 spiro atoms. The minimum absolute atomic E-state index is 0.274. The second-order valence-corrected chi connectivity index (χ2v) is 8.22. The summed E-state index contributed by atoms with van der Waals surface area (Å²) in [6.07, 6.45) is -0.389. The van der Waals surface area contributed by atoms with Crippen LogP contribution < -0.4 is 0 Å². The molecule has 128 valence electrons. The largest absolute Gasteiger partial charge is 0.450 e. The molecular formula is C15H21BrN2O4S. The number of sulfonamides is 1. The third kappa shape index (κ3) is 3.87. The van der Waals surface area contributed by atoms with Crippen molar-refractivity contribution in [2.75, 3.05) is 32.8 Å². The van der Waals surface area contributed by atoms with Crippen LogP contribution in [0.1, 0.15) is 18.1 Å². The molecule has 0 aliphatic carbocycles. The number of piperazine rings is 1. The van der Waals surface area contributed by atoms with Gasteiger partial charge in [0.2, 0.25) is 10.0 Å². The number of halogens is 1. The average Bonchev–Trinajstić information content (AvgIpc) is 2.51. The zero-order valence-electron chi connectivity index (χ0n) is 13.5. The van der Waals surface area contributed by atoms with E-state index in [0.717, 1.165) is 10.0 Å². The molecule has 6 nitrogen and oxygen atoms in total. The maximum absolute atomic E-state index is 12.8. The Kier molecular flexibility index (Phi) is 5.70. The van der Waals surface area contributed by atoms with Gasteiger partial charge < -0.3 is 9.64 Å². The van der Waals surface area contributed by atoms with Crippen molar-refractivity contribution in [3.05, 3.63) is 27.7 Å². The van der Waals surface area contributed by atoms with Crippen LogP contribution in [0.5, 0.6) is 0 Å². The van der Waals surface area contributed by atoms with Gasteiger partial charge in [-0.1, -0.05) is 15.9 Å². The van der Waals surface area contributed by atoms with E-state index in [2.05, 4.69) is 15.9 Å². The number of nitrogens with zero attached hydrogens (tertiary/aromatic N) is 2. The first-order chi connectivity index (χ1) is 10.8. The van der Waals surface area contributed by atoms with Crippen LogP contribution in [0.15, 0.2) is 21.5 Å². The maximum Gasteiger partial charge on any atom is 0.409 e. The molecule has 0 radical (unpaired) electrons. The lowest BCUT2D eigenvalue weighted by Gasteiger charge is -2.33. The van der Waals surface area contributed by atoms with E-state index in [1.165, 1.54) is 9.21 Å². The molecule has 0 N–H and O–H groups in total. The number of carbonyl (C=O) groups is 1. The van der Waals surface area contributed by atoms with Crippen LogP contribution >= 0.6 is 15.9 Å². The predicted octanol–water partition coefficient (Wildman–Crippen LogP) is 2.53. The van der Waals surface area contributed by atoms with E-state index in [-0.39, 0.29) is 19.2 Å². The molecule has 1 aliphatic heterocycles. The number of hydrogen-bond acceptors (Lipinski definition) is 4. The predicted molar refractivity (Wildman–Crippen MR) is 91.0 cm³/mol. The molecule has 0 atom stereocenters. The number of benzene rings is 1. The van der Waals surface area contributed by atoms with E-state index < -0.39 is 10.0 Å². The summed E-state index contributed by atoms with van der Waals surface area (Å²) in [5.74, 6) is 0. The summed E-state index contributed by atoms with van der Waals surface area (Å²) < 4.78 is 33.0. The summed E-state index contributed by atoms with van der Waals surface area (Å²) in [5, 5.41) is 0. The first kappa shape index (κ1) is 18.2. The van der Waals surface area contributed by atoms with Crippen LogP contribution in [0.3, 0.4) is 0 Å². The minimum atomic E-state index is -3.56. The van der Waals surface area contributed by atoms with Gasteiger partial charge in [0.15, 0.2) is 0 Å². The molecule has 1 saturated heterocycles. The van der Waals surface area contributed by atoms with Gasteiger partial charge in [0.05, 0.1) is 11.5 Å². The second-order valence-electron chi connectivity index (χ2n) is 5.46. The minimum Gasteiger partial charge on any atom is -0.450 e. The standard InChI is InChI=1S/C15H21BrN2O4S/c1-4-22-15(19)17-5-7-18(8-6-17)23(20,21)14-10-11(2)13(16)9-12(14)3/h9-10H,4-8H2,1-3H3. The number of carbonyl (C=O) groups excluding carboxylic acids is 1. The lowest BCUT2D eigenvalue weighted by molar-refractivity contribution is 0.0934. The van der Waals surface area contributed by atoms with Gasteiger partial charge in [-0.05, 0) is 44.0 Å². The quantitative estimate of drug-likeness (QED) is 0.775. The van der Waals surface area contributed by atoms with Crippen molar-refractivity contribution in [2.45, 2.75) is 25.7 Å². The van der Waals surface area contributed by atoms with Gasteiger partial charge in [-0.15, -0.1) is 0 Å². The van der Waals surface area contributed by atoms with Crippen molar-refractivity contribution in [1.29, 1.82) is 0 Å². The van der Waals surface area contributed by atoms with E-state index in [1.54, 1.807) is 19.9 Å². The van der Waals surface area contributed by atoms with E-state index in [9.17, 15) is 13.2 Å². The van der Waals surface area contributed by atoms with E-state index in [0.29, 0.717) is 30.2 Å². The zero-order chi connectivity index (χ0) is 17.2. The number of rotatable bonds is 3. The highest BCUT2D eigenvalue weighted by Gasteiger charge is 2.31. The van der Waals surface area contributed by atoms with Crippen LogP contribution in [-0.4, -0.2) is 56.5 Å². The summed E-state index contributed by atoms with van der Waals surface area (Å²) in [6.45, 7) is 6.93. The fraction of sp³-hybridized carbons (Fsp3) is 0.533. The Bertz CT molecular complexity index is 698. The van der Waals surface area contributed by atoms with Crippen molar-refractivity contribution in [3.8, 4) is 0 Å². The second kappa shape index (κ2) is 7.19. The van der Waals surface area contributed by atoms with Crippen molar-refractivity contribution >= 4 is 32.0 Å². The Balaban J connectivity index is 2.17. The fourth-order valence-corrected chi connectivity index (χ4v) is 4.67. The number of aryl methyl sites for hydroxylation is 2. The summed E-state index contributed by atoms with van der Waals surface area (Å²) in [6, 6.07) is 3.50. The smallest absolute Gasteiger partial charge is 0.409 e. The number of amides is 1. The highest BCUT2D eigenvalue weighted by Crippen LogP contribution is 2.27. The first-order valence-corrected chi connectivity index (χ1v) is 9.69. The van der Waals surface area contributed by atoms with Gasteiger partial charge >= 0.3 is 6.09 Å². The van der Waals surface area contributed by atoms with Crippen LogP contribution in [0.2, 0.25) is 0 Å². The Morgan fingerprint density at radius 3 is 2.35 bits per heavy atom. The third-order valence-corrected chi connectivity index (χ3v) is 6.73. The van der Waals surface area contributed by atoms with Crippen LogP contribution in [0.25, 0.3) is 0 Å². The molecule has 1 aliphatic rings. The summed E-state index contributed by atoms with van der Waals surface area (Å²) in [7, 11) is -3.56. The Labute approximate surface area is 145 Å². The summed E-state index contributed by atoms with van der Waals surface area (Å²) >= 11 is 3.41. The van der Waals surface area contributed by atoms with Gasteiger partial charge in [0.25, 0.3) is 0 Å². The van der Waals surface area contributed by atoms with Crippen LogP contribution in [0.4, 0.5) is 4.79 Å². The third-order valence-electron chi connectivity index (χ3n) is 3.84. The fourth-order valence-electron chi connectivity index (χ4n) is 2.50. The zero-order valence-corrected chi connectivity index (χ0v) is 15.9. The topological polar surface area (TPSA) is 66.9 Å². The van der Waals surface area contributed by atoms with Crippen molar-refractivity contribution < 1.29 is 17.9 Å². The highest BCUT2D eigenvalue weighted by atomic mass is 79.9. The molecule has 1 amide bonds. The monoisotopic (exact) mass is 404 g/mol. The number of hydrogen-bond donors (Lipinski definition) is 0. The van der Waals surface area contributed by atoms with E-state index in [4.69, 9.17) is 4.74 Å². The summed E-state index contributed by atoms with van der Waals surface area (Å²) in [4.78, 5) is 13.6. The molecule has 0 saturated carbocycles. The molecule has 1 fully saturated rings. The molecule has 0 bridgehead atoms. The van der Waals surface area contributed by atoms with Gasteiger partial charge in [-0.3, -0.25) is 0 Å². The Hall–Kier alpha value is -1.12. The van der Waals surface area contributed by atoms with E-state index in [1.807, 2.05) is 13.0 Å². The van der Waals surface area contributed by atoms with Crippen molar-refractivity contribution in [1.82, 2.24) is 9.21 Å². The lowest BCUT2D eigenvalue weighted by atomic mass is 10.2. The molecule has 2 rings (SSSR count). The molecule has 8 heteroatoms. The van der Waals surface area contributed by atoms with Crippen LogP contribution in [-0.2, 0) is 14.8 Å². The first-order valence-electron chi connectivity index (χ1n) is 7.46. The Morgan fingerprint density at radius 2 is 1.78 bits per heavy atom. The molecule has 0 aromatic heterocycles. The van der Waals surface area contributed by atoms with E-state index >= 15 is 0 Å². The Morgan fingerprint density at radius 1 is 1.17 bits per heavy atom. The average molecular weight is 405 g/mol. The molecular weight excluding hydrogens is 384 g/mol. The van der Waals surface area contributed by atoms with Gasteiger partial charge in [0, 0.05) is 30.7 Å². The van der Waals surface area contributed by atoms with Crippen molar-refractivity contribution in [2.24, 2.45) is 0 Å². The highest BCUT2D eigenvalue weighted by molar-refractivity contribution is 9.10. The molecule has 0 unspecified atom stereocenters. The van der Waals surface area contributed by atoms with Gasteiger partial charge in [-0.2, -0.15) is 4.31 Å². The lowest BCUT2D eigenvalue weighted by Crippen LogP contribution is -2.50. The number of ether oxygens (including phenoxy) is 1. The van der Waals surface area contributed by atoms with Crippen molar-refractivity contribution in [3.63, 3.8) is 0 Å². The molecule has 1 heterocycles. The molecule has 1 aromatic carbocycles. The molecule has 1 aromatic rings. The van der Waals surface area contributed by atoms with Gasteiger partial charge in [0.1, 0.15) is 0 Å². The van der Waals surface area contributed by atoms with Gasteiger partial charge in [-0.25, -0.2) is 13.2 Å². The SMILES string of the molecule is CCOC(=O)N1CCN(S(=O)(=O)c2cc(C)c(Br)cc2C)CC1. The summed E-state index contributed by atoms with van der Waals surface area (Å²) in [5.41, 5.74) is 1.58. The van der Waals surface area contributed by atoms with Crippen LogP contribution in [0, 0.1) is 13.8 Å².